The number of nitrogens with one attached hydrogen (secondary N) is 1. The van der Waals surface area contributed by atoms with Crippen molar-refractivity contribution in [3.05, 3.63) is 71.5 Å². The zero-order chi connectivity index (χ0) is 20.4. The van der Waals surface area contributed by atoms with Crippen LogP contribution in [0, 0.1) is 18.7 Å². The highest BCUT2D eigenvalue weighted by molar-refractivity contribution is 5.93. The zero-order valence-corrected chi connectivity index (χ0v) is 16.3. The third-order valence-corrected chi connectivity index (χ3v) is 5.67. The first-order chi connectivity index (χ1) is 14.1. The number of aliphatic hydroxyl groups is 1. The lowest BCUT2D eigenvalue weighted by Crippen LogP contribution is -2.35. The van der Waals surface area contributed by atoms with E-state index in [0.29, 0.717) is 12.4 Å². The molecular formula is C23H24FN3O2. The topological polar surface area (TPSA) is 67.2 Å². The van der Waals surface area contributed by atoms with Crippen LogP contribution in [0.4, 0.5) is 10.2 Å². The van der Waals surface area contributed by atoms with Crippen LogP contribution in [-0.4, -0.2) is 27.4 Å². The number of halogens is 1. The minimum Gasteiger partial charge on any atom is -0.394 e. The molecule has 1 saturated carbocycles. The summed E-state index contributed by atoms with van der Waals surface area (Å²) < 4.78 is 14.8. The fourth-order valence-electron chi connectivity index (χ4n) is 3.92. The number of amides is 1. The highest BCUT2D eigenvalue weighted by Crippen LogP contribution is 2.43. The van der Waals surface area contributed by atoms with E-state index in [4.69, 9.17) is 0 Å². The van der Waals surface area contributed by atoms with Crippen molar-refractivity contribution in [3.8, 4) is 11.3 Å². The second-order valence-electron chi connectivity index (χ2n) is 7.51. The molecule has 1 aromatic heterocycles. The van der Waals surface area contributed by atoms with Gasteiger partial charge in [0.25, 0.3) is 0 Å². The molecule has 0 saturated heterocycles. The van der Waals surface area contributed by atoms with Crippen molar-refractivity contribution < 1.29 is 14.3 Å². The number of carbonyl (C=O) groups is 1. The summed E-state index contributed by atoms with van der Waals surface area (Å²) >= 11 is 0. The largest absolute Gasteiger partial charge is 0.394 e. The Morgan fingerprint density at radius 3 is 2.62 bits per heavy atom. The molecular weight excluding hydrogens is 369 g/mol. The van der Waals surface area contributed by atoms with E-state index >= 15 is 0 Å². The molecule has 0 spiro atoms. The Bertz CT molecular complexity index is 1010. The zero-order valence-electron chi connectivity index (χ0n) is 16.3. The standard InChI is InChI=1S/C23H24FN3O2/c1-15-4-2-3-5-18(15)21-14-22(27(26-21)12-13-28)25-23(29)20-11-10-19(20)16-6-8-17(24)9-7-16/h2-9,14,19-20,28H,10-13H2,1H3,(H,25,29). The van der Waals surface area contributed by atoms with Crippen LogP contribution >= 0.6 is 0 Å². The van der Waals surface area contributed by atoms with E-state index in [2.05, 4.69) is 10.4 Å². The number of nitrogens with zero attached hydrogens (tertiary/aromatic N) is 2. The summed E-state index contributed by atoms with van der Waals surface area (Å²) in [7, 11) is 0. The fourth-order valence-corrected chi connectivity index (χ4v) is 3.92. The third kappa shape index (κ3) is 3.93. The van der Waals surface area contributed by atoms with E-state index < -0.39 is 0 Å². The van der Waals surface area contributed by atoms with Crippen LogP contribution in [0.5, 0.6) is 0 Å². The SMILES string of the molecule is Cc1ccccc1-c1cc(NC(=O)C2CCC2c2ccc(F)cc2)n(CCO)n1. The minimum absolute atomic E-state index is 0.0685. The smallest absolute Gasteiger partial charge is 0.229 e. The molecule has 1 heterocycles. The van der Waals surface area contributed by atoms with Gasteiger partial charge in [-0.2, -0.15) is 5.10 Å². The van der Waals surface area contributed by atoms with Gasteiger partial charge in [-0.1, -0.05) is 36.4 Å². The minimum atomic E-state index is -0.272. The molecule has 2 N–H and O–H groups in total. The normalized spacial score (nSPS) is 18.3. The number of hydrogen-bond donors (Lipinski definition) is 2. The summed E-state index contributed by atoms with van der Waals surface area (Å²) in [4.78, 5) is 12.9. The van der Waals surface area contributed by atoms with Gasteiger partial charge in [0, 0.05) is 17.5 Å². The van der Waals surface area contributed by atoms with Crippen LogP contribution in [0.3, 0.4) is 0 Å². The molecule has 3 aromatic rings. The number of aryl methyl sites for hydroxylation is 1. The van der Waals surface area contributed by atoms with Crippen molar-refractivity contribution in [1.82, 2.24) is 9.78 Å². The number of carbonyl (C=O) groups excluding carboxylic acids is 1. The number of anilines is 1. The van der Waals surface area contributed by atoms with Crippen LogP contribution in [0.15, 0.2) is 54.6 Å². The van der Waals surface area contributed by atoms with Crippen molar-refractivity contribution in [3.63, 3.8) is 0 Å². The number of benzene rings is 2. The fraction of sp³-hybridized carbons (Fsp3) is 0.304. The van der Waals surface area contributed by atoms with Crippen LogP contribution in [0.25, 0.3) is 11.3 Å². The van der Waals surface area contributed by atoms with Crippen LogP contribution in [-0.2, 0) is 11.3 Å². The average molecular weight is 393 g/mol. The molecule has 5 nitrogen and oxygen atoms in total. The maximum absolute atomic E-state index is 13.2. The van der Waals surface area contributed by atoms with Crippen molar-refractivity contribution in [2.45, 2.75) is 32.2 Å². The van der Waals surface area contributed by atoms with E-state index in [-0.39, 0.29) is 30.2 Å². The number of rotatable bonds is 6. The predicted molar refractivity (Wildman–Crippen MR) is 110 cm³/mol. The lowest BCUT2D eigenvalue weighted by Gasteiger charge is -2.35. The third-order valence-electron chi connectivity index (χ3n) is 5.67. The first kappa shape index (κ1) is 19.3. The first-order valence-corrected chi connectivity index (χ1v) is 9.88. The Hall–Kier alpha value is -2.99. The molecule has 1 aliphatic rings. The molecule has 0 bridgehead atoms. The second kappa shape index (κ2) is 8.17. The average Bonchev–Trinajstić information content (AvgIpc) is 3.05. The molecule has 2 atom stereocenters. The Kier molecular flexibility index (Phi) is 5.45. The highest BCUT2D eigenvalue weighted by Gasteiger charge is 2.37. The monoisotopic (exact) mass is 393 g/mol. The Morgan fingerprint density at radius 1 is 1.21 bits per heavy atom. The van der Waals surface area contributed by atoms with Gasteiger partial charge in [-0.05, 0) is 48.9 Å². The van der Waals surface area contributed by atoms with Gasteiger partial charge in [0.1, 0.15) is 11.6 Å². The molecule has 4 rings (SSSR count). The molecule has 29 heavy (non-hydrogen) atoms. The van der Waals surface area contributed by atoms with Crippen molar-refractivity contribution >= 4 is 11.7 Å². The number of hydrogen-bond acceptors (Lipinski definition) is 3. The van der Waals surface area contributed by atoms with Gasteiger partial charge in [0.2, 0.25) is 5.91 Å². The van der Waals surface area contributed by atoms with Crippen molar-refractivity contribution in [2.75, 3.05) is 11.9 Å². The molecule has 0 aliphatic heterocycles. The van der Waals surface area contributed by atoms with E-state index in [0.717, 1.165) is 35.2 Å². The van der Waals surface area contributed by atoms with Crippen LogP contribution < -0.4 is 5.32 Å². The molecule has 2 aromatic carbocycles. The summed E-state index contributed by atoms with van der Waals surface area (Å²) in [6.45, 7) is 2.24. The Morgan fingerprint density at radius 2 is 1.97 bits per heavy atom. The van der Waals surface area contributed by atoms with Gasteiger partial charge in [-0.3, -0.25) is 4.79 Å². The van der Waals surface area contributed by atoms with Crippen molar-refractivity contribution in [1.29, 1.82) is 0 Å². The van der Waals surface area contributed by atoms with Gasteiger partial charge in [0.05, 0.1) is 18.8 Å². The molecule has 1 amide bonds. The van der Waals surface area contributed by atoms with E-state index in [1.807, 2.05) is 37.3 Å². The van der Waals surface area contributed by atoms with Gasteiger partial charge in [-0.15, -0.1) is 0 Å². The quantitative estimate of drug-likeness (QED) is 0.662. The molecule has 1 fully saturated rings. The molecule has 2 unspecified atom stereocenters. The maximum atomic E-state index is 13.2. The summed E-state index contributed by atoms with van der Waals surface area (Å²) in [5, 5.41) is 17.0. The Labute approximate surface area is 169 Å². The van der Waals surface area contributed by atoms with Crippen LogP contribution in [0.2, 0.25) is 0 Å². The van der Waals surface area contributed by atoms with E-state index in [1.165, 1.54) is 12.1 Å². The summed E-state index contributed by atoms with van der Waals surface area (Å²) in [6.07, 6.45) is 1.71. The first-order valence-electron chi connectivity index (χ1n) is 9.88. The van der Waals surface area contributed by atoms with E-state index in [9.17, 15) is 14.3 Å². The molecule has 0 radical (unpaired) electrons. The number of aromatic nitrogens is 2. The summed E-state index contributed by atoms with van der Waals surface area (Å²) in [5.41, 5.74) is 3.83. The van der Waals surface area contributed by atoms with E-state index in [1.54, 1.807) is 16.8 Å². The lowest BCUT2D eigenvalue weighted by molar-refractivity contribution is -0.123. The second-order valence-corrected chi connectivity index (χ2v) is 7.51. The van der Waals surface area contributed by atoms with Gasteiger partial charge < -0.3 is 10.4 Å². The number of aliphatic hydroxyl groups excluding tert-OH is 1. The van der Waals surface area contributed by atoms with Crippen molar-refractivity contribution in [2.24, 2.45) is 5.92 Å². The summed E-state index contributed by atoms with van der Waals surface area (Å²) in [6, 6.07) is 16.2. The molecule has 150 valence electrons. The van der Waals surface area contributed by atoms with Crippen LogP contribution in [0.1, 0.15) is 29.9 Å². The highest BCUT2D eigenvalue weighted by atomic mass is 19.1. The molecule has 6 heteroatoms. The van der Waals surface area contributed by atoms with Gasteiger partial charge in [-0.25, -0.2) is 9.07 Å². The molecule has 1 aliphatic carbocycles. The Balaban J connectivity index is 1.54. The maximum Gasteiger partial charge on any atom is 0.229 e. The lowest BCUT2D eigenvalue weighted by atomic mass is 9.69. The van der Waals surface area contributed by atoms with Gasteiger partial charge >= 0.3 is 0 Å². The van der Waals surface area contributed by atoms with Gasteiger partial charge in [0.15, 0.2) is 0 Å². The summed E-state index contributed by atoms with van der Waals surface area (Å²) in [5.74, 6) is 0.180. The predicted octanol–water partition coefficient (Wildman–Crippen LogP) is 4.12.